The summed E-state index contributed by atoms with van der Waals surface area (Å²) in [4.78, 5) is 19.0. The van der Waals surface area contributed by atoms with Gasteiger partial charge in [-0.2, -0.15) is 9.57 Å². The lowest BCUT2D eigenvalue weighted by Crippen LogP contribution is -2.42. The molecule has 1 aromatic heterocycles. The molecule has 156 valence electrons. The van der Waals surface area contributed by atoms with Crippen LogP contribution in [0.15, 0.2) is 53.4 Å². The third-order valence-electron chi connectivity index (χ3n) is 4.38. The zero-order chi connectivity index (χ0) is 21.7. The largest absolute Gasteiger partial charge is 0.383 e. The van der Waals surface area contributed by atoms with Crippen molar-refractivity contribution in [1.82, 2.24) is 9.29 Å². The number of hydrogen-bond acceptors (Lipinski definition) is 7. The second-order valence-corrected chi connectivity index (χ2v) is 9.45. The zero-order valence-electron chi connectivity index (χ0n) is 16.5. The lowest BCUT2D eigenvalue weighted by atomic mass is 10.2. The Morgan fingerprint density at radius 3 is 2.53 bits per heavy atom. The number of fused-ring (bicyclic) bond motifs is 1. The van der Waals surface area contributed by atoms with Gasteiger partial charge in [0.05, 0.1) is 46.4 Å². The van der Waals surface area contributed by atoms with Crippen molar-refractivity contribution in [3.8, 4) is 6.07 Å². The van der Waals surface area contributed by atoms with Gasteiger partial charge in [-0.3, -0.25) is 9.69 Å². The number of aromatic nitrogens is 1. The predicted octanol–water partition coefficient (Wildman–Crippen LogP) is 2.47. The quantitative estimate of drug-likeness (QED) is 0.529. The number of rotatable bonds is 8. The van der Waals surface area contributed by atoms with Crippen LogP contribution in [0.3, 0.4) is 0 Å². The Balaban J connectivity index is 1.82. The van der Waals surface area contributed by atoms with Crippen molar-refractivity contribution in [3.05, 3.63) is 54.1 Å². The summed E-state index contributed by atoms with van der Waals surface area (Å²) in [5.74, 6) is -0.411. The molecule has 0 saturated carbocycles. The van der Waals surface area contributed by atoms with E-state index in [1.54, 1.807) is 0 Å². The minimum atomic E-state index is -3.89. The predicted molar refractivity (Wildman–Crippen MR) is 115 cm³/mol. The molecule has 0 aliphatic rings. The normalized spacial score (nSPS) is 11.5. The molecule has 3 rings (SSSR count). The molecule has 0 fully saturated rings. The van der Waals surface area contributed by atoms with Gasteiger partial charge in [0, 0.05) is 14.2 Å². The molecule has 30 heavy (non-hydrogen) atoms. The number of amides is 1. The SMILES string of the molecule is COCCN(C(=O)CN(C)S(=O)(=O)c1ccc(C#N)cc1)c1nc2ccccc2s1. The van der Waals surface area contributed by atoms with Gasteiger partial charge in [-0.1, -0.05) is 23.5 Å². The van der Waals surface area contributed by atoms with Crippen molar-refractivity contribution in [2.45, 2.75) is 4.90 Å². The van der Waals surface area contributed by atoms with Crippen LogP contribution in [0.1, 0.15) is 5.56 Å². The van der Waals surface area contributed by atoms with Crippen LogP contribution in [0.2, 0.25) is 0 Å². The molecule has 0 bridgehead atoms. The number of sulfonamides is 1. The second-order valence-electron chi connectivity index (χ2n) is 6.40. The van der Waals surface area contributed by atoms with E-state index in [1.807, 2.05) is 30.3 Å². The highest BCUT2D eigenvalue weighted by atomic mass is 32.2. The lowest BCUT2D eigenvalue weighted by Gasteiger charge is -2.23. The highest BCUT2D eigenvalue weighted by Crippen LogP contribution is 2.29. The van der Waals surface area contributed by atoms with E-state index in [1.165, 1.54) is 54.7 Å². The van der Waals surface area contributed by atoms with Gasteiger partial charge in [-0.25, -0.2) is 13.4 Å². The summed E-state index contributed by atoms with van der Waals surface area (Å²) >= 11 is 1.36. The van der Waals surface area contributed by atoms with Gasteiger partial charge in [0.2, 0.25) is 15.9 Å². The number of nitriles is 1. The maximum absolute atomic E-state index is 13.0. The standard InChI is InChI=1S/C20H20N4O4S2/c1-23(30(26,27)16-9-7-15(13-21)8-10-16)14-19(25)24(11-12-28-2)20-22-17-5-3-4-6-18(17)29-20/h3-10H,11-12,14H2,1-2H3. The summed E-state index contributed by atoms with van der Waals surface area (Å²) in [6, 6.07) is 15.0. The minimum absolute atomic E-state index is 0.0141. The number of para-hydroxylation sites is 1. The molecule has 0 unspecified atom stereocenters. The van der Waals surface area contributed by atoms with E-state index in [0.29, 0.717) is 10.7 Å². The van der Waals surface area contributed by atoms with Crippen LogP contribution >= 0.6 is 11.3 Å². The minimum Gasteiger partial charge on any atom is -0.383 e. The summed E-state index contributed by atoms with van der Waals surface area (Å²) in [5.41, 5.74) is 1.13. The molecular formula is C20H20N4O4S2. The summed E-state index contributed by atoms with van der Waals surface area (Å²) < 4.78 is 32.7. The Bertz CT molecular complexity index is 1150. The van der Waals surface area contributed by atoms with Crippen LogP contribution in [0.4, 0.5) is 5.13 Å². The van der Waals surface area contributed by atoms with Gasteiger partial charge in [0.25, 0.3) is 0 Å². The first-order valence-electron chi connectivity index (χ1n) is 8.98. The molecular weight excluding hydrogens is 424 g/mol. The molecule has 0 saturated heterocycles. The van der Waals surface area contributed by atoms with Gasteiger partial charge in [-0.15, -0.1) is 0 Å². The first kappa shape index (κ1) is 21.9. The number of hydrogen-bond donors (Lipinski definition) is 0. The molecule has 10 heteroatoms. The van der Waals surface area contributed by atoms with Crippen molar-refractivity contribution in [3.63, 3.8) is 0 Å². The first-order chi connectivity index (χ1) is 14.4. The Morgan fingerprint density at radius 1 is 1.20 bits per heavy atom. The monoisotopic (exact) mass is 444 g/mol. The molecule has 0 aliphatic carbocycles. The smallest absolute Gasteiger partial charge is 0.244 e. The van der Waals surface area contributed by atoms with Crippen LogP contribution in [-0.4, -0.2) is 57.5 Å². The molecule has 1 heterocycles. The van der Waals surface area contributed by atoms with Crippen molar-refractivity contribution in [2.24, 2.45) is 0 Å². The molecule has 0 N–H and O–H groups in total. The van der Waals surface area contributed by atoms with Crippen LogP contribution < -0.4 is 4.90 Å². The first-order valence-corrected chi connectivity index (χ1v) is 11.2. The zero-order valence-corrected chi connectivity index (χ0v) is 18.1. The lowest BCUT2D eigenvalue weighted by molar-refractivity contribution is -0.118. The number of nitrogens with zero attached hydrogens (tertiary/aromatic N) is 4. The maximum atomic E-state index is 13.0. The Labute approximate surface area is 179 Å². The van der Waals surface area contributed by atoms with E-state index < -0.39 is 15.9 Å². The molecule has 8 nitrogen and oxygen atoms in total. The summed E-state index contributed by atoms with van der Waals surface area (Å²) in [6.07, 6.45) is 0. The third-order valence-corrected chi connectivity index (χ3v) is 7.26. The van der Waals surface area contributed by atoms with E-state index in [9.17, 15) is 13.2 Å². The van der Waals surface area contributed by atoms with E-state index in [2.05, 4.69) is 4.98 Å². The molecule has 1 amide bonds. The average molecular weight is 445 g/mol. The topological polar surface area (TPSA) is 104 Å². The summed E-state index contributed by atoms with van der Waals surface area (Å²) in [7, 11) is -1.02. The van der Waals surface area contributed by atoms with Gasteiger partial charge in [0.15, 0.2) is 5.13 Å². The van der Waals surface area contributed by atoms with Crippen LogP contribution in [-0.2, 0) is 19.6 Å². The van der Waals surface area contributed by atoms with Gasteiger partial charge in [-0.05, 0) is 36.4 Å². The number of carbonyl (C=O) groups is 1. The fourth-order valence-corrected chi connectivity index (χ4v) is 4.86. The number of likely N-dealkylation sites (N-methyl/N-ethyl adjacent to an activating group) is 1. The van der Waals surface area contributed by atoms with Crippen LogP contribution in [0.5, 0.6) is 0 Å². The van der Waals surface area contributed by atoms with Gasteiger partial charge < -0.3 is 4.74 Å². The molecule has 3 aromatic rings. The Morgan fingerprint density at radius 2 is 1.90 bits per heavy atom. The molecule has 0 radical (unpaired) electrons. The molecule has 0 aliphatic heterocycles. The fourth-order valence-electron chi connectivity index (χ4n) is 2.73. The average Bonchev–Trinajstić information content (AvgIpc) is 3.17. The van der Waals surface area contributed by atoms with E-state index in [0.717, 1.165) is 14.5 Å². The number of carbonyl (C=O) groups excluding carboxylic acids is 1. The number of anilines is 1. The van der Waals surface area contributed by atoms with E-state index >= 15 is 0 Å². The molecule has 2 aromatic carbocycles. The van der Waals surface area contributed by atoms with E-state index in [4.69, 9.17) is 10.00 Å². The number of thiazole rings is 1. The number of methoxy groups -OCH3 is 1. The van der Waals surface area contributed by atoms with Gasteiger partial charge in [0.1, 0.15) is 0 Å². The summed E-state index contributed by atoms with van der Waals surface area (Å²) in [6.45, 7) is 0.176. The molecule has 0 spiro atoms. The van der Waals surface area contributed by atoms with Crippen LogP contribution in [0, 0.1) is 11.3 Å². The van der Waals surface area contributed by atoms with Crippen molar-refractivity contribution in [2.75, 3.05) is 38.8 Å². The highest BCUT2D eigenvalue weighted by molar-refractivity contribution is 7.89. The Hall–Kier alpha value is -2.84. The number of benzene rings is 2. The maximum Gasteiger partial charge on any atom is 0.244 e. The second kappa shape index (κ2) is 9.32. The van der Waals surface area contributed by atoms with Gasteiger partial charge >= 0.3 is 0 Å². The fraction of sp³-hybridized carbons (Fsp3) is 0.250. The number of ether oxygens (including phenoxy) is 1. The molecule has 0 atom stereocenters. The van der Waals surface area contributed by atoms with E-state index in [-0.39, 0.29) is 24.6 Å². The van der Waals surface area contributed by atoms with Crippen molar-refractivity contribution < 1.29 is 17.9 Å². The third kappa shape index (κ3) is 4.66. The van der Waals surface area contributed by atoms with Crippen LogP contribution in [0.25, 0.3) is 10.2 Å². The van der Waals surface area contributed by atoms with Crippen molar-refractivity contribution >= 4 is 42.6 Å². The summed E-state index contributed by atoms with van der Waals surface area (Å²) in [5, 5.41) is 9.37. The van der Waals surface area contributed by atoms with Crippen molar-refractivity contribution in [1.29, 1.82) is 5.26 Å². The Kier molecular flexibility index (Phi) is 6.79. The highest BCUT2D eigenvalue weighted by Gasteiger charge is 2.27.